The minimum absolute atomic E-state index is 0.166. The Bertz CT molecular complexity index is 504. The molecule has 2 heterocycles. The number of nitrogens with one attached hydrogen (secondary N) is 2. The molecule has 1 aromatic rings. The molecule has 1 fully saturated rings. The molecule has 19 heavy (non-hydrogen) atoms. The summed E-state index contributed by atoms with van der Waals surface area (Å²) in [5.41, 5.74) is 0. The van der Waals surface area contributed by atoms with Crippen LogP contribution >= 0.6 is 0 Å². The molecule has 0 saturated carbocycles. The molecule has 0 amide bonds. The summed E-state index contributed by atoms with van der Waals surface area (Å²) >= 11 is 0. The van der Waals surface area contributed by atoms with Crippen LogP contribution in [0.3, 0.4) is 0 Å². The lowest BCUT2D eigenvalue weighted by Gasteiger charge is -2.23. The van der Waals surface area contributed by atoms with E-state index >= 15 is 0 Å². The maximum Gasteiger partial charge on any atom is 0.150 e. The third kappa shape index (κ3) is 4.34. The van der Waals surface area contributed by atoms with Gasteiger partial charge in [-0.05, 0) is 19.3 Å². The van der Waals surface area contributed by atoms with Crippen LogP contribution in [0.15, 0.2) is 12.4 Å². The first-order valence-corrected chi connectivity index (χ1v) is 8.44. The Morgan fingerprint density at radius 3 is 2.63 bits per heavy atom. The molecule has 0 atom stereocenters. The third-order valence-electron chi connectivity index (χ3n) is 3.10. The highest BCUT2D eigenvalue weighted by Crippen LogP contribution is 2.17. The molecule has 1 saturated heterocycles. The van der Waals surface area contributed by atoms with Crippen LogP contribution < -0.4 is 10.6 Å². The first-order valence-electron chi connectivity index (χ1n) is 6.62. The molecular weight excluding hydrogens is 264 g/mol. The van der Waals surface area contributed by atoms with E-state index in [1.165, 1.54) is 0 Å². The second kappa shape index (κ2) is 6.18. The fourth-order valence-corrected chi connectivity index (χ4v) is 3.51. The van der Waals surface area contributed by atoms with Crippen molar-refractivity contribution in [2.75, 3.05) is 28.7 Å². The summed E-state index contributed by atoms with van der Waals surface area (Å²) in [5.74, 6) is 1.96. The molecule has 2 rings (SSSR count). The zero-order chi connectivity index (χ0) is 13.7. The third-order valence-corrected chi connectivity index (χ3v) is 4.81. The summed E-state index contributed by atoms with van der Waals surface area (Å²) < 4.78 is 22.7. The Morgan fingerprint density at radius 2 is 1.95 bits per heavy atom. The fraction of sp³-hybridized carbons (Fsp3) is 0.667. The number of hydrogen-bond acceptors (Lipinski definition) is 6. The quantitative estimate of drug-likeness (QED) is 0.847. The second-order valence-corrected chi connectivity index (χ2v) is 7.09. The summed E-state index contributed by atoms with van der Waals surface area (Å²) in [4.78, 5) is 8.53. The van der Waals surface area contributed by atoms with Crippen molar-refractivity contribution in [2.24, 2.45) is 0 Å². The second-order valence-electron chi connectivity index (χ2n) is 4.79. The Balaban J connectivity index is 1.92. The fourth-order valence-electron chi connectivity index (χ4n) is 2.02. The molecule has 1 aromatic heterocycles. The molecule has 2 N–H and O–H groups in total. The zero-order valence-corrected chi connectivity index (χ0v) is 11.9. The monoisotopic (exact) mass is 284 g/mol. The van der Waals surface area contributed by atoms with Gasteiger partial charge in [-0.1, -0.05) is 6.92 Å². The Hall–Kier alpha value is -1.37. The van der Waals surface area contributed by atoms with Gasteiger partial charge in [0.25, 0.3) is 0 Å². The number of nitrogens with zero attached hydrogens (tertiary/aromatic N) is 2. The van der Waals surface area contributed by atoms with Crippen molar-refractivity contribution >= 4 is 21.5 Å². The van der Waals surface area contributed by atoms with Crippen LogP contribution in [0, 0.1) is 0 Å². The van der Waals surface area contributed by atoms with Gasteiger partial charge in [0.05, 0.1) is 23.9 Å². The van der Waals surface area contributed by atoms with E-state index in [0.717, 1.165) is 18.8 Å². The average Bonchev–Trinajstić information content (AvgIpc) is 2.39. The molecule has 0 spiro atoms. The van der Waals surface area contributed by atoms with Gasteiger partial charge in [-0.15, -0.1) is 0 Å². The maximum absolute atomic E-state index is 11.4. The standard InChI is InChI=1S/C12H20N4O2S/c1-2-5-14-11-8-13-9-12(16-11)15-10-3-6-19(17,18)7-4-10/h8-10H,2-7H2,1H3,(H2,14,15,16). The number of aromatic nitrogens is 2. The lowest BCUT2D eigenvalue weighted by molar-refractivity contribution is 0.559. The topological polar surface area (TPSA) is 84.0 Å². The van der Waals surface area contributed by atoms with Gasteiger partial charge in [0.2, 0.25) is 0 Å². The van der Waals surface area contributed by atoms with Crippen LogP contribution in [-0.2, 0) is 9.84 Å². The van der Waals surface area contributed by atoms with Crippen LogP contribution in [0.5, 0.6) is 0 Å². The molecule has 1 aliphatic rings. The van der Waals surface area contributed by atoms with E-state index < -0.39 is 9.84 Å². The number of anilines is 2. The first kappa shape index (κ1) is 14.0. The van der Waals surface area contributed by atoms with Gasteiger partial charge < -0.3 is 10.6 Å². The largest absolute Gasteiger partial charge is 0.369 e. The van der Waals surface area contributed by atoms with Crippen molar-refractivity contribution in [2.45, 2.75) is 32.2 Å². The minimum Gasteiger partial charge on any atom is -0.369 e. The zero-order valence-electron chi connectivity index (χ0n) is 11.1. The van der Waals surface area contributed by atoms with E-state index in [2.05, 4.69) is 27.5 Å². The molecule has 1 aliphatic heterocycles. The van der Waals surface area contributed by atoms with Gasteiger partial charge >= 0.3 is 0 Å². The SMILES string of the molecule is CCCNc1cncc(NC2CCS(=O)(=O)CC2)n1. The smallest absolute Gasteiger partial charge is 0.150 e. The van der Waals surface area contributed by atoms with Crippen molar-refractivity contribution in [1.29, 1.82) is 0 Å². The van der Waals surface area contributed by atoms with E-state index in [0.29, 0.717) is 18.7 Å². The van der Waals surface area contributed by atoms with Crippen molar-refractivity contribution in [1.82, 2.24) is 9.97 Å². The summed E-state index contributed by atoms with van der Waals surface area (Å²) in [6.45, 7) is 2.95. The van der Waals surface area contributed by atoms with Gasteiger partial charge in [0, 0.05) is 12.6 Å². The van der Waals surface area contributed by atoms with E-state index in [1.54, 1.807) is 12.4 Å². The van der Waals surface area contributed by atoms with Crippen LogP contribution in [-0.4, -0.2) is 42.5 Å². The predicted molar refractivity (Wildman–Crippen MR) is 76.1 cm³/mol. The van der Waals surface area contributed by atoms with Crippen LogP contribution in [0.4, 0.5) is 11.6 Å². The number of sulfone groups is 1. The molecule has 0 aliphatic carbocycles. The van der Waals surface area contributed by atoms with Crippen molar-refractivity contribution in [3.8, 4) is 0 Å². The molecule has 0 unspecified atom stereocenters. The maximum atomic E-state index is 11.4. The van der Waals surface area contributed by atoms with Crippen LogP contribution in [0.25, 0.3) is 0 Å². The lowest BCUT2D eigenvalue weighted by atomic mass is 10.1. The van der Waals surface area contributed by atoms with Crippen LogP contribution in [0.2, 0.25) is 0 Å². The molecule has 0 radical (unpaired) electrons. The van der Waals surface area contributed by atoms with E-state index in [9.17, 15) is 8.42 Å². The number of rotatable bonds is 5. The van der Waals surface area contributed by atoms with Crippen molar-refractivity contribution < 1.29 is 8.42 Å². The molecule has 106 valence electrons. The molecule has 0 aromatic carbocycles. The number of hydrogen-bond donors (Lipinski definition) is 2. The Labute approximate surface area is 114 Å². The van der Waals surface area contributed by atoms with Gasteiger partial charge in [0.15, 0.2) is 0 Å². The first-order chi connectivity index (χ1) is 9.09. The van der Waals surface area contributed by atoms with Gasteiger partial charge in [0.1, 0.15) is 21.5 Å². The van der Waals surface area contributed by atoms with E-state index in [1.807, 2.05) is 0 Å². The normalized spacial score (nSPS) is 19.0. The minimum atomic E-state index is -2.82. The van der Waals surface area contributed by atoms with E-state index in [-0.39, 0.29) is 17.5 Å². The van der Waals surface area contributed by atoms with E-state index in [4.69, 9.17) is 0 Å². The Kier molecular flexibility index (Phi) is 4.57. The predicted octanol–water partition coefficient (Wildman–Crippen LogP) is 1.29. The lowest BCUT2D eigenvalue weighted by Crippen LogP contribution is -2.32. The molecule has 6 nitrogen and oxygen atoms in total. The Morgan fingerprint density at radius 1 is 1.26 bits per heavy atom. The highest BCUT2D eigenvalue weighted by molar-refractivity contribution is 7.91. The molecule has 0 bridgehead atoms. The highest BCUT2D eigenvalue weighted by atomic mass is 32.2. The van der Waals surface area contributed by atoms with Crippen LogP contribution in [0.1, 0.15) is 26.2 Å². The van der Waals surface area contributed by atoms with Crippen molar-refractivity contribution in [3.05, 3.63) is 12.4 Å². The van der Waals surface area contributed by atoms with Gasteiger partial charge in [-0.25, -0.2) is 13.4 Å². The molecule has 7 heteroatoms. The van der Waals surface area contributed by atoms with Crippen molar-refractivity contribution in [3.63, 3.8) is 0 Å². The summed E-state index contributed by atoms with van der Waals surface area (Å²) in [6.07, 6.45) is 5.65. The van der Waals surface area contributed by atoms with Gasteiger partial charge in [-0.3, -0.25) is 4.98 Å². The summed E-state index contributed by atoms with van der Waals surface area (Å²) in [6, 6.07) is 0.166. The molecular formula is C12H20N4O2S. The highest BCUT2D eigenvalue weighted by Gasteiger charge is 2.23. The van der Waals surface area contributed by atoms with Gasteiger partial charge in [-0.2, -0.15) is 0 Å². The summed E-state index contributed by atoms with van der Waals surface area (Å²) in [7, 11) is -2.82. The summed E-state index contributed by atoms with van der Waals surface area (Å²) in [5, 5.41) is 6.43. The average molecular weight is 284 g/mol.